The summed E-state index contributed by atoms with van der Waals surface area (Å²) in [6.07, 6.45) is 3.70. The van der Waals surface area contributed by atoms with E-state index in [2.05, 4.69) is 13.8 Å². The molecule has 0 spiro atoms. The van der Waals surface area contributed by atoms with Crippen LogP contribution in [0.25, 0.3) is 6.08 Å². The Kier molecular flexibility index (Phi) is 3.40. The van der Waals surface area contributed by atoms with Gasteiger partial charge in [-0.05, 0) is 66.0 Å². The van der Waals surface area contributed by atoms with Gasteiger partial charge in [0.05, 0.1) is 4.90 Å². The zero-order chi connectivity index (χ0) is 17.2. The van der Waals surface area contributed by atoms with Crippen LogP contribution in [-0.4, -0.2) is 18.8 Å². The molecule has 2 fully saturated rings. The maximum absolute atomic E-state index is 12.8. The maximum Gasteiger partial charge on any atom is 0.294 e. The topological polar surface area (TPSA) is 71.4 Å². The molecule has 23 heavy (non-hydrogen) atoms. The van der Waals surface area contributed by atoms with Crippen molar-refractivity contribution in [3.05, 3.63) is 34.9 Å². The molecule has 2 unspecified atom stereocenters. The SMILES string of the molecule is Cc1cc(/C=C2/C(=O)C3(C)CCC2C3(C)C)cc(S(=O)(=O)O)c1. The molecule has 5 heteroatoms. The molecule has 2 aliphatic rings. The van der Waals surface area contributed by atoms with Crippen LogP contribution in [-0.2, 0) is 14.9 Å². The van der Waals surface area contributed by atoms with Crippen LogP contribution in [0, 0.1) is 23.7 Å². The van der Waals surface area contributed by atoms with E-state index in [9.17, 15) is 17.8 Å². The van der Waals surface area contributed by atoms with Gasteiger partial charge in [-0.25, -0.2) is 0 Å². The molecule has 2 aliphatic carbocycles. The number of aryl methyl sites for hydroxylation is 1. The maximum atomic E-state index is 12.8. The lowest BCUT2D eigenvalue weighted by molar-refractivity contribution is -0.125. The molecule has 0 aliphatic heterocycles. The summed E-state index contributed by atoms with van der Waals surface area (Å²) in [5, 5.41) is 0. The van der Waals surface area contributed by atoms with E-state index in [1.54, 1.807) is 13.0 Å². The lowest BCUT2D eigenvalue weighted by Crippen LogP contribution is -2.32. The highest BCUT2D eigenvalue weighted by molar-refractivity contribution is 7.85. The van der Waals surface area contributed by atoms with E-state index in [-0.39, 0.29) is 27.4 Å². The molecule has 2 saturated carbocycles. The van der Waals surface area contributed by atoms with E-state index in [0.29, 0.717) is 5.56 Å². The number of Topliss-reactive ketones (excluding diaryl/α,β-unsaturated/α-hetero) is 1. The van der Waals surface area contributed by atoms with E-state index >= 15 is 0 Å². The van der Waals surface area contributed by atoms with Crippen molar-refractivity contribution < 1.29 is 17.8 Å². The predicted octanol–water partition coefficient (Wildman–Crippen LogP) is 3.65. The van der Waals surface area contributed by atoms with Crippen molar-refractivity contribution in [1.29, 1.82) is 0 Å². The summed E-state index contributed by atoms with van der Waals surface area (Å²) >= 11 is 0. The lowest BCUT2D eigenvalue weighted by atomic mass is 9.70. The smallest absolute Gasteiger partial charge is 0.294 e. The fraction of sp³-hybridized carbons (Fsp3) is 0.500. The number of rotatable bonds is 2. The molecule has 1 aromatic carbocycles. The molecule has 4 nitrogen and oxygen atoms in total. The second kappa shape index (κ2) is 4.77. The molecule has 0 aromatic heterocycles. The standard InChI is InChI=1S/C18H22O4S/c1-11-7-12(9-13(8-11)23(20,21)22)10-14-15-5-6-18(4,16(14)19)17(15,2)3/h7-10,15H,5-6H2,1-4H3,(H,20,21,22)/b14-10+. The Bertz CT molecular complexity index is 833. The van der Waals surface area contributed by atoms with Crippen molar-refractivity contribution in [2.75, 3.05) is 0 Å². The third-order valence-corrected chi connectivity index (χ3v) is 6.89. The molecule has 0 amide bonds. The quantitative estimate of drug-likeness (QED) is 0.662. The zero-order valence-electron chi connectivity index (χ0n) is 13.9. The first-order chi connectivity index (χ1) is 10.5. The van der Waals surface area contributed by atoms with Gasteiger partial charge in [-0.2, -0.15) is 8.42 Å². The summed E-state index contributed by atoms with van der Waals surface area (Å²) in [7, 11) is -4.25. The monoisotopic (exact) mass is 334 g/mol. The van der Waals surface area contributed by atoms with E-state index in [1.807, 2.05) is 13.0 Å². The summed E-state index contributed by atoms with van der Waals surface area (Å²) in [5.74, 6) is 0.378. The van der Waals surface area contributed by atoms with Gasteiger partial charge in [-0.1, -0.05) is 26.8 Å². The normalized spacial score (nSPS) is 31.1. The van der Waals surface area contributed by atoms with Gasteiger partial charge in [0, 0.05) is 5.41 Å². The van der Waals surface area contributed by atoms with E-state index in [1.165, 1.54) is 12.1 Å². The number of ketones is 1. The number of carbonyl (C=O) groups excluding carboxylic acids is 1. The Labute approximate surface area is 137 Å². The van der Waals surface area contributed by atoms with Gasteiger partial charge in [0.1, 0.15) is 0 Å². The number of allylic oxidation sites excluding steroid dienone is 1. The highest BCUT2D eigenvalue weighted by Crippen LogP contribution is 2.65. The second-order valence-corrected chi connectivity index (χ2v) is 9.05. The Morgan fingerprint density at radius 3 is 2.39 bits per heavy atom. The highest BCUT2D eigenvalue weighted by atomic mass is 32.2. The van der Waals surface area contributed by atoms with Gasteiger partial charge < -0.3 is 0 Å². The van der Waals surface area contributed by atoms with Gasteiger partial charge in [-0.15, -0.1) is 0 Å². The highest BCUT2D eigenvalue weighted by Gasteiger charge is 2.63. The van der Waals surface area contributed by atoms with Crippen LogP contribution in [0.15, 0.2) is 28.7 Å². The number of hydrogen-bond acceptors (Lipinski definition) is 3. The molecular weight excluding hydrogens is 312 g/mol. The Morgan fingerprint density at radius 1 is 1.22 bits per heavy atom. The van der Waals surface area contributed by atoms with Gasteiger partial charge in [-0.3, -0.25) is 9.35 Å². The molecular formula is C18H22O4S. The third kappa shape index (κ3) is 2.29. The molecule has 2 atom stereocenters. The number of hydrogen-bond donors (Lipinski definition) is 1. The minimum absolute atomic E-state index is 0.0778. The van der Waals surface area contributed by atoms with E-state index in [0.717, 1.165) is 24.0 Å². The van der Waals surface area contributed by atoms with Gasteiger partial charge >= 0.3 is 0 Å². The molecule has 3 rings (SSSR count). The largest absolute Gasteiger partial charge is 0.294 e. The fourth-order valence-corrected chi connectivity index (χ4v) is 4.90. The Balaban J connectivity index is 2.11. The van der Waals surface area contributed by atoms with Crippen molar-refractivity contribution in [3.8, 4) is 0 Å². The van der Waals surface area contributed by atoms with Crippen LogP contribution < -0.4 is 0 Å². The number of benzene rings is 1. The molecule has 2 bridgehead atoms. The molecule has 0 saturated heterocycles. The minimum Gasteiger partial charge on any atom is -0.294 e. The minimum atomic E-state index is -4.25. The van der Waals surface area contributed by atoms with Crippen molar-refractivity contribution in [1.82, 2.24) is 0 Å². The first-order valence-corrected chi connectivity index (χ1v) is 9.26. The van der Waals surface area contributed by atoms with Crippen LogP contribution in [0.5, 0.6) is 0 Å². The van der Waals surface area contributed by atoms with E-state index in [4.69, 9.17) is 0 Å². The van der Waals surface area contributed by atoms with Gasteiger partial charge in [0.2, 0.25) is 0 Å². The van der Waals surface area contributed by atoms with Crippen molar-refractivity contribution >= 4 is 22.0 Å². The molecule has 124 valence electrons. The van der Waals surface area contributed by atoms with Crippen molar-refractivity contribution in [3.63, 3.8) is 0 Å². The molecule has 0 heterocycles. The molecule has 1 N–H and O–H groups in total. The summed E-state index contributed by atoms with van der Waals surface area (Å²) in [6, 6.07) is 4.67. The molecule has 1 aromatic rings. The zero-order valence-corrected chi connectivity index (χ0v) is 14.7. The van der Waals surface area contributed by atoms with E-state index < -0.39 is 10.1 Å². The summed E-state index contributed by atoms with van der Waals surface area (Å²) in [5.41, 5.74) is 1.75. The van der Waals surface area contributed by atoms with Crippen LogP contribution in [0.3, 0.4) is 0 Å². The Hall–Kier alpha value is -1.46. The third-order valence-electron chi connectivity index (χ3n) is 6.06. The van der Waals surface area contributed by atoms with Crippen LogP contribution >= 0.6 is 0 Å². The second-order valence-electron chi connectivity index (χ2n) is 7.63. The van der Waals surface area contributed by atoms with Gasteiger partial charge in [0.25, 0.3) is 10.1 Å². The van der Waals surface area contributed by atoms with Crippen LogP contribution in [0.1, 0.15) is 44.7 Å². The number of carbonyl (C=O) groups is 1. The Morgan fingerprint density at radius 2 is 1.87 bits per heavy atom. The number of fused-ring (bicyclic) bond motifs is 2. The van der Waals surface area contributed by atoms with Crippen molar-refractivity contribution in [2.45, 2.75) is 45.4 Å². The first kappa shape index (κ1) is 16.4. The van der Waals surface area contributed by atoms with Gasteiger partial charge in [0.15, 0.2) is 5.78 Å². The average Bonchev–Trinajstić information content (AvgIpc) is 2.71. The summed E-state index contributed by atoms with van der Waals surface area (Å²) in [4.78, 5) is 12.7. The predicted molar refractivity (Wildman–Crippen MR) is 88.6 cm³/mol. The molecule has 0 radical (unpaired) electrons. The summed E-state index contributed by atoms with van der Waals surface area (Å²) in [6.45, 7) is 8.09. The average molecular weight is 334 g/mol. The first-order valence-electron chi connectivity index (χ1n) is 7.82. The van der Waals surface area contributed by atoms with Crippen molar-refractivity contribution in [2.24, 2.45) is 16.7 Å². The summed E-state index contributed by atoms with van der Waals surface area (Å²) < 4.78 is 32.0. The fourth-order valence-electron chi connectivity index (χ4n) is 4.28. The van der Waals surface area contributed by atoms with Crippen LogP contribution in [0.2, 0.25) is 0 Å². The van der Waals surface area contributed by atoms with Crippen LogP contribution in [0.4, 0.5) is 0 Å². The lowest BCUT2D eigenvalue weighted by Gasteiger charge is -2.31.